The third-order valence-electron chi connectivity index (χ3n) is 4.06. The summed E-state index contributed by atoms with van der Waals surface area (Å²) in [6.07, 6.45) is 0. The van der Waals surface area contributed by atoms with Gasteiger partial charge < -0.3 is 19.5 Å². The fraction of sp³-hybridized carbons (Fsp3) is 0.136. The molecule has 3 aromatic rings. The third kappa shape index (κ3) is 4.58. The number of benzene rings is 3. The number of hydrogen-bond donors (Lipinski definition) is 1. The van der Waals surface area contributed by atoms with Crippen molar-refractivity contribution in [1.29, 1.82) is 0 Å². The molecule has 0 unspecified atom stereocenters. The van der Waals surface area contributed by atoms with Crippen LogP contribution < -0.4 is 19.5 Å². The van der Waals surface area contributed by atoms with Crippen LogP contribution in [0.1, 0.15) is 15.9 Å². The minimum Gasteiger partial charge on any atom is -0.497 e. The van der Waals surface area contributed by atoms with E-state index < -0.39 is 0 Å². The van der Waals surface area contributed by atoms with Gasteiger partial charge in [0.15, 0.2) is 0 Å². The summed E-state index contributed by atoms with van der Waals surface area (Å²) < 4.78 is 16.3. The van der Waals surface area contributed by atoms with Gasteiger partial charge >= 0.3 is 0 Å². The molecule has 138 valence electrons. The molecule has 0 bridgehead atoms. The Balaban J connectivity index is 1.77. The topological polar surface area (TPSA) is 56.8 Å². The Kier molecular flexibility index (Phi) is 5.94. The van der Waals surface area contributed by atoms with E-state index in [0.717, 1.165) is 11.3 Å². The zero-order valence-electron chi connectivity index (χ0n) is 15.3. The van der Waals surface area contributed by atoms with Crippen molar-refractivity contribution in [2.24, 2.45) is 0 Å². The maximum Gasteiger partial charge on any atom is 0.256 e. The highest BCUT2D eigenvalue weighted by molar-refractivity contribution is 6.06. The van der Waals surface area contributed by atoms with Crippen molar-refractivity contribution >= 4 is 11.6 Å². The van der Waals surface area contributed by atoms with Crippen LogP contribution in [-0.2, 0) is 6.61 Å². The van der Waals surface area contributed by atoms with Gasteiger partial charge in [-0.2, -0.15) is 0 Å². The molecule has 0 aromatic heterocycles. The summed E-state index contributed by atoms with van der Waals surface area (Å²) in [5.41, 5.74) is 1.92. The number of carbonyl (C=O) groups is 1. The highest BCUT2D eigenvalue weighted by Crippen LogP contribution is 2.29. The Morgan fingerprint density at radius 3 is 2.33 bits per heavy atom. The lowest BCUT2D eigenvalue weighted by Gasteiger charge is -2.14. The fourth-order valence-corrected chi connectivity index (χ4v) is 2.64. The quantitative estimate of drug-likeness (QED) is 0.670. The van der Waals surface area contributed by atoms with Crippen molar-refractivity contribution in [1.82, 2.24) is 0 Å². The monoisotopic (exact) mass is 363 g/mol. The summed E-state index contributed by atoms with van der Waals surface area (Å²) in [4.78, 5) is 12.8. The minimum absolute atomic E-state index is 0.231. The number of hydrogen-bond acceptors (Lipinski definition) is 4. The van der Waals surface area contributed by atoms with E-state index in [-0.39, 0.29) is 5.91 Å². The van der Waals surface area contributed by atoms with Gasteiger partial charge in [-0.15, -0.1) is 0 Å². The second-order valence-corrected chi connectivity index (χ2v) is 5.78. The van der Waals surface area contributed by atoms with Gasteiger partial charge in [0.25, 0.3) is 5.91 Å². The number of anilines is 1. The smallest absolute Gasteiger partial charge is 0.256 e. The molecule has 27 heavy (non-hydrogen) atoms. The van der Waals surface area contributed by atoms with Gasteiger partial charge in [0.2, 0.25) is 0 Å². The molecule has 0 radical (unpaired) electrons. The van der Waals surface area contributed by atoms with Gasteiger partial charge in [-0.1, -0.05) is 36.4 Å². The van der Waals surface area contributed by atoms with Gasteiger partial charge in [0.1, 0.15) is 23.9 Å². The largest absolute Gasteiger partial charge is 0.497 e. The number of carbonyl (C=O) groups excluding carboxylic acids is 1. The molecule has 0 saturated carbocycles. The van der Waals surface area contributed by atoms with E-state index in [0.29, 0.717) is 29.4 Å². The van der Waals surface area contributed by atoms with Crippen molar-refractivity contribution in [3.63, 3.8) is 0 Å². The lowest BCUT2D eigenvalue weighted by atomic mass is 10.1. The molecule has 0 spiro atoms. The maximum absolute atomic E-state index is 12.8. The average Bonchev–Trinajstić information content (AvgIpc) is 2.73. The normalized spacial score (nSPS) is 10.1. The number of nitrogens with one attached hydrogen (secondary N) is 1. The summed E-state index contributed by atoms with van der Waals surface area (Å²) in [6, 6.07) is 22.1. The van der Waals surface area contributed by atoms with E-state index >= 15 is 0 Å². The van der Waals surface area contributed by atoms with Gasteiger partial charge in [0, 0.05) is 17.2 Å². The zero-order valence-corrected chi connectivity index (χ0v) is 15.3. The molecule has 0 aliphatic carbocycles. The van der Waals surface area contributed by atoms with Crippen LogP contribution >= 0.6 is 0 Å². The van der Waals surface area contributed by atoms with Gasteiger partial charge in [-0.05, 0) is 30.3 Å². The number of para-hydroxylation sites is 1. The van der Waals surface area contributed by atoms with Crippen LogP contribution in [0.5, 0.6) is 17.2 Å². The first kappa shape index (κ1) is 18.3. The molecule has 1 N–H and O–H groups in total. The molecule has 5 heteroatoms. The van der Waals surface area contributed by atoms with E-state index in [1.54, 1.807) is 38.5 Å². The van der Waals surface area contributed by atoms with E-state index in [4.69, 9.17) is 14.2 Å². The molecule has 0 aliphatic heterocycles. The Bertz CT molecular complexity index is 909. The zero-order chi connectivity index (χ0) is 19.1. The van der Waals surface area contributed by atoms with Crippen molar-refractivity contribution in [3.8, 4) is 17.2 Å². The third-order valence-corrected chi connectivity index (χ3v) is 4.06. The van der Waals surface area contributed by atoms with Crippen LogP contribution in [0.4, 0.5) is 5.69 Å². The Morgan fingerprint density at radius 1 is 0.852 bits per heavy atom. The first-order chi connectivity index (χ1) is 13.2. The summed E-state index contributed by atoms with van der Waals surface area (Å²) in [5, 5.41) is 2.89. The highest BCUT2D eigenvalue weighted by atomic mass is 16.5. The highest BCUT2D eigenvalue weighted by Gasteiger charge is 2.14. The molecule has 3 aromatic carbocycles. The lowest BCUT2D eigenvalue weighted by molar-refractivity contribution is 0.102. The lowest BCUT2D eigenvalue weighted by Crippen LogP contribution is -2.15. The van der Waals surface area contributed by atoms with Crippen LogP contribution in [0, 0.1) is 0 Å². The van der Waals surface area contributed by atoms with Crippen LogP contribution in [0.2, 0.25) is 0 Å². The number of rotatable bonds is 7. The first-order valence-corrected chi connectivity index (χ1v) is 8.50. The van der Waals surface area contributed by atoms with Crippen LogP contribution in [0.3, 0.4) is 0 Å². The van der Waals surface area contributed by atoms with Crippen molar-refractivity contribution in [3.05, 3.63) is 83.9 Å². The van der Waals surface area contributed by atoms with Crippen LogP contribution in [0.15, 0.2) is 72.8 Å². The Morgan fingerprint density at radius 2 is 1.59 bits per heavy atom. The predicted molar refractivity (Wildman–Crippen MR) is 105 cm³/mol. The molecule has 0 fully saturated rings. The van der Waals surface area contributed by atoms with Crippen LogP contribution in [0.25, 0.3) is 0 Å². The fourth-order valence-electron chi connectivity index (χ4n) is 2.64. The SMILES string of the molecule is COc1ccc(NC(=O)c2ccccc2COc2ccccc2)c(OC)c1. The summed E-state index contributed by atoms with van der Waals surface area (Å²) in [5.74, 6) is 1.71. The summed E-state index contributed by atoms with van der Waals surface area (Å²) in [6.45, 7) is 0.299. The van der Waals surface area contributed by atoms with E-state index in [1.807, 2.05) is 48.5 Å². The first-order valence-electron chi connectivity index (χ1n) is 8.50. The molecule has 0 atom stereocenters. The molecular weight excluding hydrogens is 342 g/mol. The van der Waals surface area contributed by atoms with Crippen molar-refractivity contribution < 1.29 is 19.0 Å². The van der Waals surface area contributed by atoms with Gasteiger partial charge in [-0.3, -0.25) is 4.79 Å². The second kappa shape index (κ2) is 8.76. The molecule has 1 amide bonds. The summed E-state index contributed by atoms with van der Waals surface area (Å²) in [7, 11) is 3.13. The van der Waals surface area contributed by atoms with Crippen molar-refractivity contribution in [2.45, 2.75) is 6.61 Å². The number of methoxy groups -OCH3 is 2. The second-order valence-electron chi connectivity index (χ2n) is 5.78. The molecule has 0 saturated heterocycles. The van der Waals surface area contributed by atoms with E-state index in [9.17, 15) is 4.79 Å². The number of amides is 1. The van der Waals surface area contributed by atoms with E-state index in [1.165, 1.54) is 0 Å². The van der Waals surface area contributed by atoms with Crippen molar-refractivity contribution in [2.75, 3.05) is 19.5 Å². The average molecular weight is 363 g/mol. The Hall–Kier alpha value is -3.47. The van der Waals surface area contributed by atoms with E-state index in [2.05, 4.69) is 5.32 Å². The number of ether oxygens (including phenoxy) is 3. The molecule has 0 heterocycles. The molecule has 5 nitrogen and oxygen atoms in total. The molecular formula is C22H21NO4. The van der Waals surface area contributed by atoms with Gasteiger partial charge in [0.05, 0.1) is 19.9 Å². The predicted octanol–water partition coefficient (Wildman–Crippen LogP) is 4.54. The van der Waals surface area contributed by atoms with Gasteiger partial charge in [-0.25, -0.2) is 0 Å². The molecule has 0 aliphatic rings. The minimum atomic E-state index is -0.231. The molecule has 3 rings (SSSR count). The maximum atomic E-state index is 12.8. The standard InChI is InChI=1S/C22H21NO4/c1-25-18-12-13-20(21(14-18)26-2)23-22(24)19-11-7-6-8-16(19)15-27-17-9-4-3-5-10-17/h3-14H,15H2,1-2H3,(H,23,24). The van der Waals surface area contributed by atoms with Crippen LogP contribution in [-0.4, -0.2) is 20.1 Å². The Labute approximate surface area is 158 Å². The summed E-state index contributed by atoms with van der Waals surface area (Å²) >= 11 is 0.